The fourth-order valence-electron chi connectivity index (χ4n) is 3.78. The second kappa shape index (κ2) is 18.0. The number of nitrogens with one attached hydrogen (secondary N) is 3. The van der Waals surface area contributed by atoms with E-state index >= 15 is 0 Å². The highest BCUT2D eigenvalue weighted by Crippen LogP contribution is 2.32. The van der Waals surface area contributed by atoms with E-state index in [0.717, 1.165) is 25.7 Å². The molecule has 0 saturated heterocycles. The zero-order chi connectivity index (χ0) is 28.6. The van der Waals surface area contributed by atoms with E-state index in [2.05, 4.69) is 60.1 Å². The number of carbonyl (C=O) groups is 3. The van der Waals surface area contributed by atoms with Gasteiger partial charge in [0.25, 0.3) is 0 Å². The van der Waals surface area contributed by atoms with Crippen molar-refractivity contribution in [1.29, 1.82) is 0 Å². The lowest BCUT2D eigenvalue weighted by atomic mass is 9.87. The largest absolute Gasteiger partial charge is 0.486 e. The Morgan fingerprint density at radius 2 is 1.54 bits per heavy atom. The van der Waals surface area contributed by atoms with Crippen LogP contribution < -0.4 is 31.0 Å². The van der Waals surface area contributed by atoms with E-state index in [1.165, 1.54) is 19.2 Å². The molecular formula is C25H33I2N3O9. The minimum Gasteiger partial charge on any atom is -0.486 e. The molecule has 3 rings (SSSR count). The first-order chi connectivity index (χ1) is 18.8. The maximum Gasteiger partial charge on any atom is 0.407 e. The standard InChI is InChI=1S/C25H33N3O9.I2/c1-16-3-6-18(7-4-16)28-25(32)36-12-10-33-20-13-17-5-8-23(30)37-19(17)14-21(20)34-9-11-35-24(31)27-15-22(29)26-2;1-2/h5,8,13-14,16,18H,3-4,6-7,9-12,15H2,1-2H3,(H,26,29)(H,27,31)(H,28,32);. The Hall–Kier alpha value is -2.50. The van der Waals surface area contributed by atoms with Crippen LogP contribution in [0, 0.1) is 5.92 Å². The molecule has 14 heteroatoms. The van der Waals surface area contributed by atoms with Gasteiger partial charge in [-0.1, -0.05) is 6.92 Å². The minimum absolute atomic E-state index is 0.0188. The van der Waals surface area contributed by atoms with Crippen LogP contribution in [0.1, 0.15) is 32.6 Å². The Labute approximate surface area is 249 Å². The van der Waals surface area contributed by atoms with E-state index in [1.54, 1.807) is 12.1 Å². The smallest absolute Gasteiger partial charge is 0.407 e. The molecule has 3 N–H and O–H groups in total. The third-order valence-corrected chi connectivity index (χ3v) is 5.84. The Kier molecular flexibility index (Phi) is 15.1. The van der Waals surface area contributed by atoms with Crippen molar-refractivity contribution in [1.82, 2.24) is 16.0 Å². The van der Waals surface area contributed by atoms with E-state index in [-0.39, 0.29) is 56.3 Å². The molecule has 1 aromatic carbocycles. The average molecular weight is 773 g/mol. The number of carbonyl (C=O) groups excluding carboxylic acids is 3. The first-order valence-electron chi connectivity index (χ1n) is 12.4. The van der Waals surface area contributed by atoms with Crippen LogP contribution in [0.15, 0.2) is 33.5 Å². The van der Waals surface area contributed by atoms with Gasteiger partial charge in [-0.05, 0) is 43.7 Å². The molecule has 1 aliphatic rings. The van der Waals surface area contributed by atoms with Crippen LogP contribution in [0.3, 0.4) is 0 Å². The summed E-state index contributed by atoms with van der Waals surface area (Å²) in [7, 11) is 1.45. The predicted octanol–water partition coefficient (Wildman–Crippen LogP) is 4.10. The molecule has 12 nitrogen and oxygen atoms in total. The summed E-state index contributed by atoms with van der Waals surface area (Å²) in [5.74, 6) is 0.900. The summed E-state index contributed by atoms with van der Waals surface area (Å²) in [5, 5.41) is 8.16. The van der Waals surface area contributed by atoms with Crippen LogP contribution in [0.5, 0.6) is 11.5 Å². The van der Waals surface area contributed by atoms with Crippen molar-refractivity contribution in [3.8, 4) is 11.5 Å². The van der Waals surface area contributed by atoms with E-state index in [1.807, 2.05) is 0 Å². The van der Waals surface area contributed by atoms with Gasteiger partial charge in [0, 0.05) is 67.8 Å². The first-order valence-corrected chi connectivity index (χ1v) is 18.6. The summed E-state index contributed by atoms with van der Waals surface area (Å²) >= 11 is 4.24. The SMILES string of the molecule is CNC(=O)CNC(=O)OCCOc1cc2oc(=O)ccc2cc1OCCOC(=O)NC1CCC(C)CC1.II. The topological polar surface area (TPSA) is 154 Å². The van der Waals surface area contributed by atoms with Crippen molar-refractivity contribution >= 4 is 66.3 Å². The number of hydrogen-bond donors (Lipinski definition) is 3. The molecule has 1 saturated carbocycles. The molecule has 2 aromatic rings. The second-order valence-electron chi connectivity index (χ2n) is 8.69. The molecular weight excluding hydrogens is 740 g/mol. The lowest BCUT2D eigenvalue weighted by Crippen LogP contribution is -2.38. The fourth-order valence-corrected chi connectivity index (χ4v) is 3.78. The number of alkyl carbamates (subject to hydrolysis) is 2. The zero-order valence-electron chi connectivity index (χ0n) is 21.8. The van der Waals surface area contributed by atoms with Crippen molar-refractivity contribution in [3.05, 3.63) is 34.7 Å². The predicted molar refractivity (Wildman–Crippen MR) is 161 cm³/mol. The van der Waals surface area contributed by atoms with Gasteiger partial charge >= 0.3 is 17.8 Å². The molecule has 0 aliphatic heterocycles. The van der Waals surface area contributed by atoms with Gasteiger partial charge < -0.3 is 39.3 Å². The molecule has 216 valence electrons. The number of fused-ring (bicyclic) bond motifs is 1. The third-order valence-electron chi connectivity index (χ3n) is 5.84. The Morgan fingerprint density at radius 1 is 0.923 bits per heavy atom. The van der Waals surface area contributed by atoms with E-state index < -0.39 is 17.8 Å². The van der Waals surface area contributed by atoms with E-state index in [9.17, 15) is 19.2 Å². The number of halogens is 2. The summed E-state index contributed by atoms with van der Waals surface area (Å²) in [6.45, 7) is 1.93. The van der Waals surface area contributed by atoms with Crippen LogP contribution in [0.2, 0.25) is 0 Å². The summed E-state index contributed by atoms with van der Waals surface area (Å²) in [4.78, 5) is 46.5. The second-order valence-corrected chi connectivity index (χ2v) is 8.69. The van der Waals surface area contributed by atoms with E-state index in [4.69, 9.17) is 23.4 Å². The molecule has 39 heavy (non-hydrogen) atoms. The van der Waals surface area contributed by atoms with Crippen molar-refractivity contribution in [3.63, 3.8) is 0 Å². The first kappa shape index (κ1) is 32.7. The summed E-state index contributed by atoms with van der Waals surface area (Å²) < 4.78 is 26.9. The molecule has 1 heterocycles. The van der Waals surface area contributed by atoms with Crippen molar-refractivity contribution < 1.29 is 37.7 Å². The number of benzene rings is 1. The molecule has 0 unspecified atom stereocenters. The highest BCUT2D eigenvalue weighted by Gasteiger charge is 2.20. The molecule has 0 spiro atoms. The van der Waals surface area contributed by atoms with Crippen LogP contribution in [0.25, 0.3) is 11.0 Å². The average Bonchev–Trinajstić information content (AvgIpc) is 2.94. The quantitative estimate of drug-likeness (QED) is 0.174. The molecule has 0 radical (unpaired) electrons. The van der Waals surface area contributed by atoms with Crippen LogP contribution in [-0.4, -0.2) is 64.2 Å². The van der Waals surface area contributed by atoms with Crippen LogP contribution in [-0.2, 0) is 14.3 Å². The van der Waals surface area contributed by atoms with Crippen molar-refractivity contribution in [2.24, 2.45) is 5.92 Å². The molecule has 1 aliphatic carbocycles. The molecule has 0 bridgehead atoms. The lowest BCUT2D eigenvalue weighted by molar-refractivity contribution is -0.119. The minimum atomic E-state index is -0.772. The zero-order valence-corrected chi connectivity index (χ0v) is 26.1. The van der Waals surface area contributed by atoms with Crippen molar-refractivity contribution in [2.75, 3.05) is 40.0 Å². The fraction of sp³-hybridized carbons (Fsp3) is 0.520. The van der Waals surface area contributed by atoms with Gasteiger partial charge in [0.05, 0.1) is 6.54 Å². The maximum absolute atomic E-state index is 12.1. The number of amides is 3. The highest BCUT2D eigenvalue weighted by molar-refractivity contribution is 15.0. The Bertz CT molecular complexity index is 1140. The van der Waals surface area contributed by atoms with Gasteiger partial charge in [0.1, 0.15) is 32.0 Å². The van der Waals surface area contributed by atoms with Gasteiger partial charge in [-0.2, -0.15) is 0 Å². The van der Waals surface area contributed by atoms with Crippen LogP contribution in [0.4, 0.5) is 9.59 Å². The summed E-state index contributed by atoms with van der Waals surface area (Å²) in [6.07, 6.45) is 2.81. The van der Waals surface area contributed by atoms with Crippen molar-refractivity contribution in [2.45, 2.75) is 38.6 Å². The highest BCUT2D eigenvalue weighted by atomic mass is 128. The van der Waals surface area contributed by atoms with Gasteiger partial charge in [0.2, 0.25) is 5.91 Å². The monoisotopic (exact) mass is 773 g/mol. The molecule has 1 fully saturated rings. The van der Waals surface area contributed by atoms with Gasteiger partial charge in [-0.25, -0.2) is 14.4 Å². The number of rotatable bonds is 11. The normalized spacial score (nSPS) is 16.2. The Morgan fingerprint density at radius 3 is 2.18 bits per heavy atom. The number of hydrogen-bond acceptors (Lipinski definition) is 9. The molecule has 1 aromatic heterocycles. The number of ether oxygens (including phenoxy) is 4. The molecule has 3 amide bonds. The third kappa shape index (κ3) is 12.0. The lowest BCUT2D eigenvalue weighted by Gasteiger charge is -2.26. The van der Waals surface area contributed by atoms with E-state index in [0.29, 0.717) is 17.1 Å². The van der Waals surface area contributed by atoms with Gasteiger partial charge in [-0.3, -0.25) is 4.79 Å². The Balaban J connectivity index is 0.00000260. The number of likely N-dealkylation sites (N-methyl/N-ethyl adjacent to an activating group) is 1. The van der Waals surface area contributed by atoms with Gasteiger partial charge in [-0.15, -0.1) is 0 Å². The summed E-state index contributed by atoms with van der Waals surface area (Å²) in [5.41, 5.74) is -0.230. The van der Waals surface area contributed by atoms with Crippen LogP contribution >= 0.6 is 37.2 Å². The maximum atomic E-state index is 12.1. The summed E-state index contributed by atoms with van der Waals surface area (Å²) in [6, 6.07) is 6.14. The van der Waals surface area contributed by atoms with Gasteiger partial charge in [0.15, 0.2) is 11.5 Å². The molecule has 0 atom stereocenters.